The van der Waals surface area contributed by atoms with E-state index in [4.69, 9.17) is 27.9 Å². The molecule has 1 amide bonds. The van der Waals surface area contributed by atoms with Gasteiger partial charge in [0.1, 0.15) is 0 Å². The van der Waals surface area contributed by atoms with Gasteiger partial charge >= 0.3 is 0 Å². The van der Waals surface area contributed by atoms with Gasteiger partial charge in [0.15, 0.2) is 0 Å². The second-order valence-corrected chi connectivity index (χ2v) is 8.79. The molecule has 0 aromatic heterocycles. The summed E-state index contributed by atoms with van der Waals surface area (Å²) in [6.45, 7) is 1.44. The maximum Gasteiger partial charge on any atom is 0.224 e. The number of benzene rings is 1. The van der Waals surface area contributed by atoms with Crippen LogP contribution in [0.1, 0.15) is 18.4 Å². The van der Waals surface area contributed by atoms with E-state index in [1.165, 1.54) is 10.4 Å². The maximum absolute atomic E-state index is 12.7. The molecule has 1 aromatic rings. The standard InChI is InChI=1S/C16H22Cl2N2O4S/c1-24-8-6-19-16(21)12-3-2-7-20(10-12)25(22,23)11-13-4-5-14(17)9-15(13)18/h4-5,9,12H,2-3,6-8,10-11H2,1H3,(H,19,21)/t12-/m1/s1. The Balaban J connectivity index is 2.02. The third kappa shape index (κ3) is 5.82. The van der Waals surface area contributed by atoms with Gasteiger partial charge in [0.05, 0.1) is 18.3 Å². The number of carbonyl (C=O) groups is 1. The first-order chi connectivity index (χ1) is 11.8. The lowest BCUT2D eigenvalue weighted by Crippen LogP contribution is -2.46. The van der Waals surface area contributed by atoms with Crippen LogP contribution in [0.25, 0.3) is 0 Å². The number of hydrogen-bond acceptors (Lipinski definition) is 4. The Morgan fingerprint density at radius 2 is 2.16 bits per heavy atom. The molecule has 1 aliphatic rings. The molecule has 1 atom stereocenters. The number of halogens is 2. The third-order valence-electron chi connectivity index (χ3n) is 4.11. The van der Waals surface area contributed by atoms with Crippen molar-refractivity contribution in [2.75, 3.05) is 33.4 Å². The average Bonchev–Trinajstić information content (AvgIpc) is 2.57. The predicted octanol–water partition coefficient (Wildman–Crippen LogP) is 2.30. The predicted molar refractivity (Wildman–Crippen MR) is 98.3 cm³/mol. The molecule has 1 fully saturated rings. The molecule has 9 heteroatoms. The summed E-state index contributed by atoms with van der Waals surface area (Å²) in [5.74, 6) is -0.691. The number of nitrogens with one attached hydrogen (secondary N) is 1. The molecule has 1 saturated heterocycles. The first-order valence-corrected chi connectivity index (χ1v) is 10.4. The Kier molecular flexibility index (Phi) is 7.51. The second kappa shape index (κ2) is 9.19. The van der Waals surface area contributed by atoms with Crippen molar-refractivity contribution in [1.82, 2.24) is 9.62 Å². The van der Waals surface area contributed by atoms with E-state index in [0.717, 1.165) is 0 Å². The zero-order chi connectivity index (χ0) is 18.4. The van der Waals surface area contributed by atoms with Crippen molar-refractivity contribution >= 4 is 39.1 Å². The van der Waals surface area contributed by atoms with Crippen LogP contribution >= 0.6 is 23.2 Å². The van der Waals surface area contributed by atoms with E-state index in [-0.39, 0.29) is 24.1 Å². The van der Waals surface area contributed by atoms with Crippen molar-refractivity contribution in [3.63, 3.8) is 0 Å². The van der Waals surface area contributed by atoms with Gasteiger partial charge in [0, 0.05) is 36.8 Å². The van der Waals surface area contributed by atoms with Gasteiger partial charge in [-0.05, 0) is 30.5 Å². The Hall–Kier alpha value is -0.860. The minimum Gasteiger partial charge on any atom is -0.383 e. The van der Waals surface area contributed by atoms with Crippen LogP contribution < -0.4 is 5.32 Å². The van der Waals surface area contributed by atoms with Crippen LogP contribution in [0.5, 0.6) is 0 Å². The molecule has 1 aromatic carbocycles. The molecule has 1 N–H and O–H groups in total. The van der Waals surface area contributed by atoms with Gasteiger partial charge in [-0.1, -0.05) is 29.3 Å². The molecular weight excluding hydrogens is 387 g/mol. The molecule has 6 nitrogen and oxygen atoms in total. The quantitative estimate of drug-likeness (QED) is 0.702. The molecule has 1 aliphatic heterocycles. The molecule has 0 aliphatic carbocycles. The van der Waals surface area contributed by atoms with Crippen LogP contribution in [0, 0.1) is 5.92 Å². The highest BCUT2D eigenvalue weighted by Crippen LogP contribution is 2.26. The molecule has 0 saturated carbocycles. The van der Waals surface area contributed by atoms with Crippen LogP contribution in [0.15, 0.2) is 18.2 Å². The van der Waals surface area contributed by atoms with Crippen molar-refractivity contribution in [3.05, 3.63) is 33.8 Å². The van der Waals surface area contributed by atoms with Gasteiger partial charge in [-0.25, -0.2) is 12.7 Å². The number of piperidine rings is 1. The zero-order valence-electron chi connectivity index (χ0n) is 14.0. The zero-order valence-corrected chi connectivity index (χ0v) is 16.3. The lowest BCUT2D eigenvalue weighted by atomic mass is 9.99. The van der Waals surface area contributed by atoms with Gasteiger partial charge in [-0.15, -0.1) is 0 Å². The normalized spacial score (nSPS) is 18.9. The highest BCUT2D eigenvalue weighted by atomic mass is 35.5. The van der Waals surface area contributed by atoms with E-state index >= 15 is 0 Å². The third-order valence-corrected chi connectivity index (χ3v) is 6.49. The van der Waals surface area contributed by atoms with Gasteiger partial charge in [-0.2, -0.15) is 0 Å². The summed E-state index contributed by atoms with van der Waals surface area (Å²) in [5, 5.41) is 3.55. The summed E-state index contributed by atoms with van der Waals surface area (Å²) in [7, 11) is -2.00. The van der Waals surface area contributed by atoms with Crippen molar-refractivity contribution < 1.29 is 17.9 Å². The number of hydrogen-bond donors (Lipinski definition) is 1. The van der Waals surface area contributed by atoms with Crippen molar-refractivity contribution in [2.45, 2.75) is 18.6 Å². The highest BCUT2D eigenvalue weighted by molar-refractivity contribution is 7.88. The number of rotatable bonds is 7. The fourth-order valence-corrected chi connectivity index (χ4v) is 4.95. The molecule has 0 spiro atoms. The van der Waals surface area contributed by atoms with Crippen LogP contribution in [0.4, 0.5) is 0 Å². The molecule has 2 rings (SSSR count). The number of nitrogens with zero attached hydrogens (tertiary/aromatic N) is 1. The number of carbonyl (C=O) groups excluding carboxylic acids is 1. The molecule has 1 heterocycles. The van der Waals surface area contributed by atoms with Crippen molar-refractivity contribution in [1.29, 1.82) is 0 Å². The lowest BCUT2D eigenvalue weighted by molar-refractivity contribution is -0.126. The minimum absolute atomic E-state index is 0.138. The molecule has 0 bridgehead atoms. The Labute approximate surface area is 158 Å². The Morgan fingerprint density at radius 1 is 1.40 bits per heavy atom. The average molecular weight is 409 g/mol. The van der Waals surface area contributed by atoms with Crippen LogP contribution in [0.2, 0.25) is 10.0 Å². The number of ether oxygens (including phenoxy) is 1. The van der Waals surface area contributed by atoms with E-state index < -0.39 is 10.0 Å². The van der Waals surface area contributed by atoms with Gasteiger partial charge in [-0.3, -0.25) is 4.79 Å². The van der Waals surface area contributed by atoms with Gasteiger partial charge in [0.2, 0.25) is 15.9 Å². The summed E-state index contributed by atoms with van der Waals surface area (Å²) in [6.07, 6.45) is 1.32. The van der Waals surface area contributed by atoms with E-state index in [2.05, 4.69) is 5.32 Å². The summed E-state index contributed by atoms with van der Waals surface area (Å²) in [5.41, 5.74) is 0.498. The highest BCUT2D eigenvalue weighted by Gasteiger charge is 2.32. The summed E-state index contributed by atoms with van der Waals surface area (Å²) < 4.78 is 31.7. The summed E-state index contributed by atoms with van der Waals surface area (Å²) in [4.78, 5) is 12.2. The smallest absolute Gasteiger partial charge is 0.224 e. The van der Waals surface area contributed by atoms with Crippen LogP contribution in [-0.4, -0.2) is 52.0 Å². The number of amides is 1. The van der Waals surface area contributed by atoms with E-state index in [9.17, 15) is 13.2 Å². The van der Waals surface area contributed by atoms with Crippen LogP contribution in [-0.2, 0) is 25.3 Å². The summed E-state index contributed by atoms with van der Waals surface area (Å²) >= 11 is 11.9. The van der Waals surface area contributed by atoms with Gasteiger partial charge in [0.25, 0.3) is 0 Å². The molecule has 0 unspecified atom stereocenters. The van der Waals surface area contributed by atoms with E-state index in [0.29, 0.717) is 48.1 Å². The second-order valence-electron chi connectivity index (χ2n) is 5.97. The fraction of sp³-hybridized carbons (Fsp3) is 0.562. The first kappa shape index (κ1) is 20.5. The van der Waals surface area contributed by atoms with Gasteiger partial charge < -0.3 is 10.1 Å². The summed E-state index contributed by atoms with van der Waals surface area (Å²) in [6, 6.07) is 4.75. The SMILES string of the molecule is COCCNC(=O)[C@@H]1CCCN(S(=O)(=O)Cc2ccc(Cl)cc2Cl)C1. The molecule has 0 radical (unpaired) electrons. The Morgan fingerprint density at radius 3 is 2.84 bits per heavy atom. The largest absolute Gasteiger partial charge is 0.383 e. The molecule has 140 valence electrons. The molecule has 25 heavy (non-hydrogen) atoms. The Bertz CT molecular complexity index is 712. The maximum atomic E-state index is 12.7. The first-order valence-electron chi connectivity index (χ1n) is 8.02. The van der Waals surface area contributed by atoms with Crippen molar-refractivity contribution in [3.8, 4) is 0 Å². The lowest BCUT2D eigenvalue weighted by Gasteiger charge is -2.31. The number of sulfonamides is 1. The van der Waals surface area contributed by atoms with E-state index in [1.807, 2.05) is 0 Å². The molecular formula is C16H22Cl2N2O4S. The van der Waals surface area contributed by atoms with E-state index in [1.54, 1.807) is 19.2 Å². The topological polar surface area (TPSA) is 75.7 Å². The number of methoxy groups -OCH3 is 1. The fourth-order valence-electron chi connectivity index (χ4n) is 2.76. The minimum atomic E-state index is -3.56. The van der Waals surface area contributed by atoms with Crippen molar-refractivity contribution in [2.24, 2.45) is 5.92 Å². The van der Waals surface area contributed by atoms with Crippen LogP contribution in [0.3, 0.4) is 0 Å². The monoisotopic (exact) mass is 408 g/mol.